The highest BCUT2D eigenvalue weighted by molar-refractivity contribution is 5.76. The van der Waals surface area contributed by atoms with Crippen LogP contribution in [-0.2, 0) is 14.3 Å². The smallest absolute Gasteiger partial charge is 0.305 e. The summed E-state index contributed by atoms with van der Waals surface area (Å²) in [5.41, 5.74) is 0. The Morgan fingerprint density at radius 3 is 1.04 bits per heavy atom. The Morgan fingerprint density at radius 2 is 0.681 bits per heavy atom. The fraction of sp³-hybridized carbons (Fsp3) is 0.873. The van der Waals surface area contributed by atoms with Gasteiger partial charge in [0.1, 0.15) is 0 Å². The number of ether oxygens (including phenoxy) is 1. The molecule has 2 atom stereocenters. The number of aliphatic hydroxyl groups excluding tert-OH is 2. The summed E-state index contributed by atoms with van der Waals surface area (Å²) in [6.45, 7) is 4.87. The van der Waals surface area contributed by atoms with Crippen molar-refractivity contribution in [3.8, 4) is 0 Å². The van der Waals surface area contributed by atoms with Gasteiger partial charge in [0.15, 0.2) is 0 Å². The molecular formula is C63H119NO5. The fourth-order valence-electron chi connectivity index (χ4n) is 9.39. The third-order valence-corrected chi connectivity index (χ3v) is 14.1. The summed E-state index contributed by atoms with van der Waals surface area (Å²) in [5.74, 6) is -0.113. The van der Waals surface area contributed by atoms with Gasteiger partial charge in [0.2, 0.25) is 5.91 Å². The molecule has 0 bridgehead atoms. The van der Waals surface area contributed by atoms with Gasteiger partial charge < -0.3 is 20.3 Å². The summed E-state index contributed by atoms with van der Waals surface area (Å²) >= 11 is 0. The van der Waals surface area contributed by atoms with Crippen LogP contribution in [0.3, 0.4) is 0 Å². The summed E-state index contributed by atoms with van der Waals surface area (Å²) < 4.78 is 5.47. The lowest BCUT2D eigenvalue weighted by molar-refractivity contribution is -0.143. The number of unbranched alkanes of at least 4 members (excludes halogenated alkanes) is 42. The van der Waals surface area contributed by atoms with E-state index in [1.54, 1.807) is 6.08 Å². The highest BCUT2D eigenvalue weighted by Gasteiger charge is 2.18. The van der Waals surface area contributed by atoms with Crippen LogP contribution in [0.25, 0.3) is 0 Å². The van der Waals surface area contributed by atoms with E-state index in [0.717, 1.165) is 70.6 Å². The standard InChI is InChI=1S/C63H119NO5/c1-3-5-7-9-11-13-15-17-19-21-22-23-24-25-27-28-31-35-39-43-47-51-55-61(66)60(59-65)64-62(67)56-52-48-44-40-36-32-30-34-38-42-46-50-54-58-69-63(68)57-53-49-45-41-37-33-29-26-20-18-16-14-12-10-8-6-4-2/h18,20,32,36,51,55,60-61,65-66H,3-17,19,21-31,33-35,37-50,52-54,56-59H2,1-2H3,(H,64,67)/b20-18-,36-32-,55-51+. The van der Waals surface area contributed by atoms with Gasteiger partial charge in [-0.15, -0.1) is 0 Å². The van der Waals surface area contributed by atoms with E-state index in [1.807, 2.05) is 6.08 Å². The Labute approximate surface area is 430 Å². The van der Waals surface area contributed by atoms with Crippen molar-refractivity contribution in [3.05, 3.63) is 36.5 Å². The number of hydrogen-bond acceptors (Lipinski definition) is 5. The maximum Gasteiger partial charge on any atom is 0.305 e. The minimum Gasteiger partial charge on any atom is -0.466 e. The van der Waals surface area contributed by atoms with Crippen molar-refractivity contribution in [2.75, 3.05) is 13.2 Å². The quantitative estimate of drug-likeness (QED) is 0.0321. The second-order valence-corrected chi connectivity index (χ2v) is 21.0. The lowest BCUT2D eigenvalue weighted by atomic mass is 10.0. The highest BCUT2D eigenvalue weighted by Crippen LogP contribution is 2.17. The van der Waals surface area contributed by atoms with Gasteiger partial charge in [-0.3, -0.25) is 9.59 Å². The van der Waals surface area contributed by atoms with Crippen molar-refractivity contribution in [1.29, 1.82) is 0 Å². The first-order chi connectivity index (χ1) is 34.0. The van der Waals surface area contributed by atoms with Crippen LogP contribution in [-0.4, -0.2) is 47.4 Å². The first-order valence-corrected chi connectivity index (χ1v) is 30.8. The molecule has 2 unspecified atom stereocenters. The molecule has 0 aliphatic carbocycles. The molecule has 3 N–H and O–H groups in total. The average molecular weight is 971 g/mol. The molecule has 69 heavy (non-hydrogen) atoms. The Morgan fingerprint density at radius 1 is 0.391 bits per heavy atom. The fourth-order valence-corrected chi connectivity index (χ4v) is 9.39. The van der Waals surface area contributed by atoms with Crippen LogP contribution in [0.5, 0.6) is 0 Å². The lowest BCUT2D eigenvalue weighted by Crippen LogP contribution is -2.45. The number of hydrogen-bond donors (Lipinski definition) is 3. The summed E-state index contributed by atoms with van der Waals surface area (Å²) in [5, 5.41) is 23.2. The van der Waals surface area contributed by atoms with E-state index in [4.69, 9.17) is 4.74 Å². The molecule has 0 aliphatic rings. The van der Waals surface area contributed by atoms with Crippen molar-refractivity contribution in [3.63, 3.8) is 0 Å². The van der Waals surface area contributed by atoms with E-state index in [1.165, 1.54) is 231 Å². The van der Waals surface area contributed by atoms with E-state index >= 15 is 0 Å². The average Bonchev–Trinajstić information content (AvgIpc) is 3.35. The van der Waals surface area contributed by atoms with Crippen LogP contribution in [0.2, 0.25) is 0 Å². The van der Waals surface area contributed by atoms with Crippen molar-refractivity contribution in [2.45, 2.75) is 341 Å². The van der Waals surface area contributed by atoms with Crippen LogP contribution in [0.1, 0.15) is 328 Å². The first kappa shape index (κ1) is 67.1. The number of nitrogens with one attached hydrogen (secondary N) is 1. The molecule has 0 spiro atoms. The SMILES string of the molecule is CCCCCCCC/C=C\CCCCCCCCCC(=O)OCCCCCCCC/C=C\CCCCCC(=O)NC(CO)C(O)/C=C/CCCCCCCCCCCCCCCCCCCCCC. The molecule has 0 rings (SSSR count). The molecular weight excluding hydrogens is 851 g/mol. The summed E-state index contributed by atoms with van der Waals surface area (Å²) in [6, 6.07) is -0.650. The molecule has 0 aliphatic heterocycles. The van der Waals surface area contributed by atoms with Crippen molar-refractivity contribution in [2.24, 2.45) is 0 Å². The van der Waals surface area contributed by atoms with Crippen molar-refractivity contribution in [1.82, 2.24) is 5.32 Å². The number of carbonyl (C=O) groups is 2. The topological polar surface area (TPSA) is 95.9 Å². The zero-order chi connectivity index (χ0) is 50.0. The first-order valence-electron chi connectivity index (χ1n) is 30.8. The second kappa shape index (κ2) is 58.6. The molecule has 6 heteroatoms. The summed E-state index contributed by atoms with van der Waals surface area (Å²) in [4.78, 5) is 24.6. The zero-order valence-corrected chi connectivity index (χ0v) is 46.3. The summed E-state index contributed by atoms with van der Waals surface area (Å²) in [6.07, 6.45) is 73.2. The number of amides is 1. The number of carbonyl (C=O) groups excluding carboxylic acids is 2. The Hall–Kier alpha value is -1.92. The third kappa shape index (κ3) is 55.2. The predicted octanol–water partition coefficient (Wildman–Crippen LogP) is 19.2. The van der Waals surface area contributed by atoms with Gasteiger partial charge in [-0.25, -0.2) is 0 Å². The zero-order valence-electron chi connectivity index (χ0n) is 46.3. The van der Waals surface area contributed by atoms with Gasteiger partial charge in [-0.05, 0) is 83.5 Å². The number of rotatable bonds is 57. The molecule has 0 aromatic rings. The van der Waals surface area contributed by atoms with Crippen LogP contribution < -0.4 is 5.32 Å². The van der Waals surface area contributed by atoms with Gasteiger partial charge in [-0.2, -0.15) is 0 Å². The number of aliphatic hydroxyl groups is 2. The Kier molecular flexibility index (Phi) is 57.0. The molecule has 0 heterocycles. The molecule has 1 amide bonds. The van der Waals surface area contributed by atoms with E-state index in [-0.39, 0.29) is 18.5 Å². The molecule has 0 saturated carbocycles. The van der Waals surface area contributed by atoms with Crippen molar-refractivity contribution < 1.29 is 24.5 Å². The Balaban J connectivity index is 3.51. The molecule has 0 radical (unpaired) electrons. The monoisotopic (exact) mass is 970 g/mol. The third-order valence-electron chi connectivity index (χ3n) is 14.1. The van der Waals surface area contributed by atoms with Gasteiger partial charge in [0.25, 0.3) is 0 Å². The minimum absolute atomic E-state index is 0.0170. The van der Waals surface area contributed by atoms with E-state index in [2.05, 4.69) is 43.5 Å². The van der Waals surface area contributed by atoms with Crippen molar-refractivity contribution >= 4 is 11.9 Å². The molecule has 406 valence electrons. The van der Waals surface area contributed by atoms with Gasteiger partial charge in [0, 0.05) is 12.8 Å². The van der Waals surface area contributed by atoms with Crippen LogP contribution in [0, 0.1) is 0 Å². The van der Waals surface area contributed by atoms with Crippen LogP contribution in [0.4, 0.5) is 0 Å². The molecule has 0 saturated heterocycles. The second-order valence-electron chi connectivity index (χ2n) is 21.0. The normalized spacial score (nSPS) is 12.8. The van der Waals surface area contributed by atoms with Gasteiger partial charge >= 0.3 is 5.97 Å². The maximum atomic E-state index is 12.5. The van der Waals surface area contributed by atoms with E-state index in [9.17, 15) is 19.8 Å². The molecule has 0 fully saturated rings. The van der Waals surface area contributed by atoms with Crippen LogP contribution >= 0.6 is 0 Å². The van der Waals surface area contributed by atoms with Crippen LogP contribution in [0.15, 0.2) is 36.5 Å². The lowest BCUT2D eigenvalue weighted by Gasteiger charge is -2.19. The molecule has 6 nitrogen and oxygen atoms in total. The summed E-state index contributed by atoms with van der Waals surface area (Å²) in [7, 11) is 0. The number of allylic oxidation sites excluding steroid dienone is 5. The Bertz CT molecular complexity index is 1120. The molecule has 0 aromatic carbocycles. The van der Waals surface area contributed by atoms with E-state index in [0.29, 0.717) is 19.4 Å². The van der Waals surface area contributed by atoms with Gasteiger partial charge in [-0.1, -0.05) is 269 Å². The molecule has 0 aromatic heterocycles. The number of esters is 1. The van der Waals surface area contributed by atoms with Gasteiger partial charge in [0.05, 0.1) is 25.4 Å². The highest BCUT2D eigenvalue weighted by atomic mass is 16.5. The largest absolute Gasteiger partial charge is 0.466 e. The predicted molar refractivity (Wildman–Crippen MR) is 301 cm³/mol. The van der Waals surface area contributed by atoms with E-state index < -0.39 is 12.1 Å². The minimum atomic E-state index is -0.863. The maximum absolute atomic E-state index is 12.5.